The van der Waals surface area contributed by atoms with Gasteiger partial charge < -0.3 is 5.11 Å². The van der Waals surface area contributed by atoms with Gasteiger partial charge in [-0.25, -0.2) is 0 Å². The highest BCUT2D eigenvalue weighted by Gasteiger charge is 2.53. The molecule has 1 saturated heterocycles. The first kappa shape index (κ1) is 14.5. The lowest BCUT2D eigenvalue weighted by Gasteiger charge is -2.52. The molecule has 0 bridgehead atoms. The van der Waals surface area contributed by atoms with Crippen molar-refractivity contribution in [2.75, 3.05) is 6.54 Å². The maximum absolute atomic E-state index is 12.6. The molecule has 2 aliphatic rings. The first-order chi connectivity index (χ1) is 10.2. The van der Waals surface area contributed by atoms with E-state index < -0.39 is 5.60 Å². The van der Waals surface area contributed by atoms with Gasteiger partial charge in [-0.3, -0.25) is 9.69 Å². The molecular weight excluding hydrogens is 262 g/mol. The predicted octanol–water partition coefficient (Wildman–Crippen LogP) is 2.86. The highest BCUT2D eigenvalue weighted by molar-refractivity contribution is 5.89. The van der Waals surface area contributed by atoms with Gasteiger partial charge >= 0.3 is 0 Å². The van der Waals surface area contributed by atoms with Crippen molar-refractivity contribution in [2.45, 2.75) is 49.8 Å². The minimum Gasteiger partial charge on any atom is -0.380 e. The molecule has 21 heavy (non-hydrogen) atoms. The third-order valence-electron chi connectivity index (χ3n) is 5.02. The number of benzene rings is 1. The second-order valence-corrected chi connectivity index (χ2v) is 6.23. The predicted molar refractivity (Wildman–Crippen MR) is 82.9 cm³/mol. The largest absolute Gasteiger partial charge is 0.380 e. The monoisotopic (exact) mass is 285 g/mol. The minimum absolute atomic E-state index is 0.0152. The Morgan fingerprint density at radius 2 is 2.10 bits per heavy atom. The third-order valence-corrected chi connectivity index (χ3v) is 5.02. The Labute approximate surface area is 126 Å². The van der Waals surface area contributed by atoms with Crippen molar-refractivity contribution < 1.29 is 9.90 Å². The summed E-state index contributed by atoms with van der Waals surface area (Å²) in [6, 6.07) is 10.1. The van der Waals surface area contributed by atoms with E-state index in [1.165, 1.54) is 0 Å². The summed E-state index contributed by atoms with van der Waals surface area (Å²) in [5.41, 5.74) is 0.00679. The smallest absolute Gasteiger partial charge is 0.167 e. The first-order valence-corrected chi connectivity index (χ1v) is 7.84. The Bertz CT molecular complexity index is 527. The molecule has 0 amide bonds. The first-order valence-electron chi connectivity index (χ1n) is 7.84. The van der Waals surface area contributed by atoms with Gasteiger partial charge in [-0.15, -0.1) is 6.58 Å². The fourth-order valence-electron chi connectivity index (χ4n) is 3.98. The number of carbonyl (C=O) groups excluding carboxylic acids is 1. The van der Waals surface area contributed by atoms with Crippen LogP contribution in [0.25, 0.3) is 0 Å². The Kier molecular flexibility index (Phi) is 3.96. The molecular formula is C18H23NO2. The van der Waals surface area contributed by atoms with Crippen LogP contribution in [0.4, 0.5) is 0 Å². The molecule has 1 saturated carbocycles. The molecule has 3 rings (SSSR count). The van der Waals surface area contributed by atoms with Crippen molar-refractivity contribution in [2.24, 2.45) is 0 Å². The van der Waals surface area contributed by atoms with Crippen LogP contribution in [0.15, 0.2) is 43.0 Å². The van der Waals surface area contributed by atoms with Crippen molar-refractivity contribution in [3.8, 4) is 0 Å². The molecule has 0 unspecified atom stereocenters. The molecule has 2 fully saturated rings. The lowest BCUT2D eigenvalue weighted by molar-refractivity contribution is -0.163. The third kappa shape index (κ3) is 2.45. The number of fused-ring (bicyclic) bond motifs is 1. The van der Waals surface area contributed by atoms with Gasteiger partial charge in [-0.1, -0.05) is 42.8 Å². The molecule has 1 aromatic rings. The average Bonchev–Trinajstić information content (AvgIpc) is 2.51. The van der Waals surface area contributed by atoms with Crippen LogP contribution in [0.5, 0.6) is 0 Å². The zero-order valence-corrected chi connectivity index (χ0v) is 12.4. The fraction of sp³-hybridized carbons (Fsp3) is 0.500. The average molecular weight is 285 g/mol. The summed E-state index contributed by atoms with van der Waals surface area (Å²) in [5, 5.41) is 10.9. The zero-order chi connectivity index (χ0) is 14.9. The normalized spacial score (nSPS) is 33.5. The summed E-state index contributed by atoms with van der Waals surface area (Å²) < 4.78 is 0. The lowest BCUT2D eigenvalue weighted by Crippen LogP contribution is -2.63. The van der Waals surface area contributed by atoms with E-state index in [9.17, 15) is 9.90 Å². The van der Waals surface area contributed by atoms with Gasteiger partial charge in [0.2, 0.25) is 0 Å². The van der Waals surface area contributed by atoms with Crippen LogP contribution in [-0.4, -0.2) is 34.0 Å². The molecule has 0 spiro atoms. The summed E-state index contributed by atoms with van der Waals surface area (Å²) >= 11 is 0. The molecule has 0 aromatic heterocycles. The van der Waals surface area contributed by atoms with Crippen LogP contribution in [0.2, 0.25) is 0 Å². The Balaban J connectivity index is 1.98. The quantitative estimate of drug-likeness (QED) is 0.868. The van der Waals surface area contributed by atoms with Gasteiger partial charge in [-0.2, -0.15) is 0 Å². The number of Topliss-reactive ketones (excluding diaryl/α,β-unsaturated/α-hetero) is 1. The van der Waals surface area contributed by atoms with Crippen molar-refractivity contribution in [1.82, 2.24) is 4.90 Å². The maximum Gasteiger partial charge on any atom is 0.167 e. The molecule has 112 valence electrons. The van der Waals surface area contributed by atoms with E-state index in [1.807, 2.05) is 24.3 Å². The highest BCUT2D eigenvalue weighted by Crippen LogP contribution is 2.43. The zero-order valence-electron chi connectivity index (χ0n) is 12.4. The van der Waals surface area contributed by atoms with Crippen LogP contribution in [0.3, 0.4) is 0 Å². The molecule has 3 nitrogen and oxygen atoms in total. The van der Waals surface area contributed by atoms with E-state index in [1.54, 1.807) is 0 Å². The second-order valence-electron chi connectivity index (χ2n) is 6.23. The van der Waals surface area contributed by atoms with Crippen molar-refractivity contribution in [3.05, 3.63) is 48.6 Å². The number of nitrogens with zero attached hydrogens (tertiary/aromatic N) is 1. The van der Waals surface area contributed by atoms with Crippen molar-refractivity contribution in [3.63, 3.8) is 0 Å². The molecule has 3 heteroatoms. The Morgan fingerprint density at radius 3 is 2.81 bits per heavy atom. The number of carbonyl (C=O) groups is 1. The number of piperidine rings is 1. The van der Waals surface area contributed by atoms with Gasteiger partial charge in [0.1, 0.15) is 5.60 Å². The van der Waals surface area contributed by atoms with E-state index in [0.29, 0.717) is 19.4 Å². The summed E-state index contributed by atoms with van der Waals surface area (Å²) in [6.45, 7) is 4.56. The maximum atomic E-state index is 12.6. The molecule has 1 aliphatic carbocycles. The number of likely N-dealkylation sites (tertiary alicyclic amines) is 1. The van der Waals surface area contributed by atoms with Gasteiger partial charge in [0.15, 0.2) is 5.78 Å². The molecule has 1 aliphatic heterocycles. The lowest BCUT2D eigenvalue weighted by atomic mass is 9.71. The summed E-state index contributed by atoms with van der Waals surface area (Å²) in [6.07, 6.45) is 5.78. The van der Waals surface area contributed by atoms with Crippen molar-refractivity contribution in [1.29, 1.82) is 0 Å². The number of rotatable bonds is 3. The van der Waals surface area contributed by atoms with E-state index in [2.05, 4.69) is 23.6 Å². The number of hydrogen-bond acceptors (Lipinski definition) is 3. The van der Waals surface area contributed by atoms with E-state index >= 15 is 0 Å². The van der Waals surface area contributed by atoms with Gasteiger partial charge in [-0.05, 0) is 24.8 Å². The minimum atomic E-state index is -1.15. The van der Waals surface area contributed by atoms with Crippen molar-refractivity contribution >= 4 is 5.78 Å². The Morgan fingerprint density at radius 1 is 1.33 bits per heavy atom. The topological polar surface area (TPSA) is 40.5 Å². The van der Waals surface area contributed by atoms with E-state index in [4.69, 9.17) is 0 Å². The van der Waals surface area contributed by atoms with Gasteiger partial charge in [0.25, 0.3) is 0 Å². The van der Waals surface area contributed by atoms with Crippen LogP contribution < -0.4 is 0 Å². The summed E-state index contributed by atoms with van der Waals surface area (Å²) in [5.74, 6) is 0.0152. The number of aliphatic hydroxyl groups is 1. The molecule has 0 radical (unpaired) electrons. The van der Waals surface area contributed by atoms with Gasteiger partial charge in [0, 0.05) is 25.0 Å². The molecule has 1 heterocycles. The summed E-state index contributed by atoms with van der Waals surface area (Å²) in [7, 11) is 0. The van der Waals surface area contributed by atoms with E-state index in [0.717, 1.165) is 24.8 Å². The number of ketones is 1. The summed E-state index contributed by atoms with van der Waals surface area (Å²) in [4.78, 5) is 14.9. The second kappa shape index (κ2) is 5.74. The fourth-order valence-corrected chi connectivity index (χ4v) is 3.98. The van der Waals surface area contributed by atoms with Gasteiger partial charge in [0.05, 0.1) is 0 Å². The number of hydrogen-bond donors (Lipinski definition) is 1. The molecule has 1 aromatic carbocycles. The molecule has 3 atom stereocenters. The van der Waals surface area contributed by atoms with Crippen LogP contribution in [0.1, 0.15) is 43.7 Å². The highest BCUT2D eigenvalue weighted by atomic mass is 16.3. The standard InChI is InChI=1S/C18H23NO2/c1-2-12-19-15(14-8-4-3-5-9-14)13-17(20)18(21)11-7-6-10-16(18)19/h2-5,8-9,15-16,21H,1,6-7,10-13H2/t15-,16-,18-/m1/s1. The Hall–Kier alpha value is -1.45. The SMILES string of the molecule is C=CCN1[C@@H](c2ccccc2)CC(=O)[C@@]2(O)CCCC[C@@H]12. The van der Waals surface area contributed by atoms with Crippen LogP contribution in [-0.2, 0) is 4.79 Å². The van der Waals surface area contributed by atoms with E-state index in [-0.39, 0.29) is 17.9 Å². The van der Waals surface area contributed by atoms with Crippen LogP contribution >= 0.6 is 0 Å². The van der Waals surface area contributed by atoms with Crippen LogP contribution in [0, 0.1) is 0 Å². The molecule has 1 N–H and O–H groups in total.